The number of carbonyl (C=O) groups is 1. The summed E-state index contributed by atoms with van der Waals surface area (Å²) in [7, 11) is 0. The van der Waals surface area contributed by atoms with Gasteiger partial charge < -0.3 is 4.90 Å². The maximum atomic E-state index is 12.0. The van der Waals surface area contributed by atoms with Gasteiger partial charge in [0.15, 0.2) is 0 Å². The molecule has 2 heteroatoms. The Balaban J connectivity index is 2.40. The summed E-state index contributed by atoms with van der Waals surface area (Å²) >= 11 is 0. The highest BCUT2D eigenvalue weighted by Crippen LogP contribution is 2.39. The predicted octanol–water partition coefficient (Wildman–Crippen LogP) is 3.37. The van der Waals surface area contributed by atoms with Crippen molar-refractivity contribution in [3.63, 3.8) is 0 Å². The molecule has 0 N–H and O–H groups in total. The number of nitrogens with zero attached hydrogens (tertiary/aromatic N) is 1. The van der Waals surface area contributed by atoms with Crippen LogP contribution < -0.4 is 4.90 Å². The van der Waals surface area contributed by atoms with Crippen molar-refractivity contribution in [1.29, 1.82) is 0 Å². The smallest absolute Gasteiger partial charge is 0.227 e. The standard InChI is InChI=1S/C14H19NO/c1-3-14(4-2)11-10-13(16)15(14)12-8-6-5-7-9-12/h5-9H,3-4,10-11H2,1-2H3. The average molecular weight is 217 g/mol. The van der Waals surface area contributed by atoms with Gasteiger partial charge in [0.05, 0.1) is 0 Å². The maximum absolute atomic E-state index is 12.0. The molecule has 1 heterocycles. The fourth-order valence-corrected chi connectivity index (χ4v) is 2.74. The molecule has 0 bridgehead atoms. The molecule has 1 aromatic carbocycles. The van der Waals surface area contributed by atoms with Crippen LogP contribution in [0.4, 0.5) is 5.69 Å². The zero-order chi connectivity index (χ0) is 11.6. The molecule has 0 atom stereocenters. The van der Waals surface area contributed by atoms with Gasteiger partial charge in [-0.1, -0.05) is 32.0 Å². The van der Waals surface area contributed by atoms with Crippen molar-refractivity contribution < 1.29 is 4.79 Å². The van der Waals surface area contributed by atoms with Gasteiger partial charge >= 0.3 is 0 Å². The minimum Gasteiger partial charge on any atom is -0.306 e. The number of amides is 1. The first kappa shape index (κ1) is 11.2. The Bertz CT molecular complexity index is 368. The van der Waals surface area contributed by atoms with Gasteiger partial charge in [-0.2, -0.15) is 0 Å². The minimum absolute atomic E-state index is 0.0540. The van der Waals surface area contributed by atoms with E-state index in [1.807, 2.05) is 35.2 Å². The van der Waals surface area contributed by atoms with Gasteiger partial charge in [-0.05, 0) is 31.4 Å². The number of hydrogen-bond donors (Lipinski definition) is 0. The molecule has 2 nitrogen and oxygen atoms in total. The van der Waals surface area contributed by atoms with E-state index in [1.165, 1.54) is 0 Å². The summed E-state index contributed by atoms with van der Waals surface area (Å²) in [4.78, 5) is 14.1. The van der Waals surface area contributed by atoms with Crippen molar-refractivity contribution in [2.24, 2.45) is 0 Å². The van der Waals surface area contributed by atoms with Crippen LogP contribution in [-0.2, 0) is 4.79 Å². The molecule has 0 radical (unpaired) electrons. The largest absolute Gasteiger partial charge is 0.306 e. The van der Waals surface area contributed by atoms with E-state index in [9.17, 15) is 4.79 Å². The molecule has 1 amide bonds. The van der Waals surface area contributed by atoms with Crippen LogP contribution in [0.2, 0.25) is 0 Å². The molecule has 1 fully saturated rings. The van der Waals surface area contributed by atoms with Crippen molar-refractivity contribution in [3.05, 3.63) is 30.3 Å². The van der Waals surface area contributed by atoms with Crippen LogP contribution >= 0.6 is 0 Å². The average Bonchev–Trinajstić information content (AvgIpc) is 2.68. The van der Waals surface area contributed by atoms with Crippen LogP contribution in [0.1, 0.15) is 39.5 Å². The van der Waals surface area contributed by atoms with Gasteiger partial charge in [0.2, 0.25) is 5.91 Å². The van der Waals surface area contributed by atoms with Crippen molar-refractivity contribution in [2.45, 2.75) is 45.1 Å². The second kappa shape index (κ2) is 4.28. The predicted molar refractivity (Wildman–Crippen MR) is 66.5 cm³/mol. The lowest BCUT2D eigenvalue weighted by atomic mass is 9.89. The lowest BCUT2D eigenvalue weighted by molar-refractivity contribution is -0.117. The van der Waals surface area contributed by atoms with Crippen molar-refractivity contribution in [1.82, 2.24) is 0 Å². The van der Waals surface area contributed by atoms with Crippen LogP contribution in [0, 0.1) is 0 Å². The first-order valence-corrected chi connectivity index (χ1v) is 6.11. The Morgan fingerprint density at radius 1 is 1.19 bits per heavy atom. The summed E-state index contributed by atoms with van der Waals surface area (Å²) < 4.78 is 0. The topological polar surface area (TPSA) is 20.3 Å². The lowest BCUT2D eigenvalue weighted by Gasteiger charge is -2.37. The van der Waals surface area contributed by atoms with E-state index >= 15 is 0 Å². The number of anilines is 1. The fraction of sp³-hybridized carbons (Fsp3) is 0.500. The van der Waals surface area contributed by atoms with Gasteiger partial charge in [-0.25, -0.2) is 0 Å². The van der Waals surface area contributed by atoms with Crippen molar-refractivity contribution in [2.75, 3.05) is 4.90 Å². The maximum Gasteiger partial charge on any atom is 0.227 e. The number of hydrogen-bond acceptors (Lipinski definition) is 1. The molecular weight excluding hydrogens is 198 g/mol. The van der Waals surface area contributed by atoms with Gasteiger partial charge in [0.1, 0.15) is 0 Å². The minimum atomic E-state index is 0.0540. The summed E-state index contributed by atoms with van der Waals surface area (Å²) in [5.41, 5.74) is 1.10. The highest BCUT2D eigenvalue weighted by molar-refractivity contribution is 5.97. The summed E-state index contributed by atoms with van der Waals surface area (Å²) in [5, 5.41) is 0. The summed E-state index contributed by atoms with van der Waals surface area (Å²) in [6, 6.07) is 10.0. The van der Waals surface area contributed by atoms with E-state index in [1.54, 1.807) is 0 Å². The molecule has 1 saturated heterocycles. The zero-order valence-corrected chi connectivity index (χ0v) is 10.1. The highest BCUT2D eigenvalue weighted by atomic mass is 16.2. The molecule has 16 heavy (non-hydrogen) atoms. The highest BCUT2D eigenvalue weighted by Gasteiger charge is 2.43. The van der Waals surface area contributed by atoms with Crippen LogP contribution in [0.5, 0.6) is 0 Å². The van der Waals surface area contributed by atoms with E-state index < -0.39 is 0 Å². The number of carbonyl (C=O) groups excluding carboxylic acids is 1. The Labute approximate surface area is 97.3 Å². The normalized spacial score (nSPS) is 19.1. The molecule has 0 spiro atoms. The Hall–Kier alpha value is -1.31. The van der Waals surface area contributed by atoms with Gasteiger partial charge in [0, 0.05) is 17.6 Å². The monoisotopic (exact) mass is 217 g/mol. The molecular formula is C14H19NO. The van der Waals surface area contributed by atoms with Gasteiger partial charge in [-0.3, -0.25) is 4.79 Å². The van der Waals surface area contributed by atoms with Crippen LogP contribution in [0.3, 0.4) is 0 Å². The van der Waals surface area contributed by atoms with Crippen LogP contribution in [0.25, 0.3) is 0 Å². The van der Waals surface area contributed by atoms with Crippen LogP contribution in [0.15, 0.2) is 30.3 Å². The number of para-hydroxylation sites is 1. The second-order valence-corrected chi connectivity index (χ2v) is 4.50. The summed E-state index contributed by atoms with van der Waals surface area (Å²) in [5.74, 6) is 0.273. The van der Waals surface area contributed by atoms with E-state index in [0.717, 1.165) is 24.9 Å². The molecule has 86 valence electrons. The third kappa shape index (κ3) is 1.62. The Kier molecular flexibility index (Phi) is 2.99. The number of rotatable bonds is 3. The first-order valence-electron chi connectivity index (χ1n) is 6.11. The molecule has 1 aliphatic rings. The van der Waals surface area contributed by atoms with E-state index in [4.69, 9.17) is 0 Å². The molecule has 0 aliphatic carbocycles. The Morgan fingerprint density at radius 2 is 1.81 bits per heavy atom. The van der Waals surface area contributed by atoms with Gasteiger partial charge in [-0.15, -0.1) is 0 Å². The molecule has 2 rings (SSSR count). The Morgan fingerprint density at radius 3 is 2.38 bits per heavy atom. The third-order valence-corrected chi connectivity index (χ3v) is 3.86. The fourth-order valence-electron chi connectivity index (χ4n) is 2.74. The second-order valence-electron chi connectivity index (χ2n) is 4.50. The first-order chi connectivity index (χ1) is 7.73. The van der Waals surface area contributed by atoms with Crippen molar-refractivity contribution in [3.8, 4) is 0 Å². The number of benzene rings is 1. The molecule has 0 saturated carbocycles. The summed E-state index contributed by atoms with van der Waals surface area (Å²) in [6.45, 7) is 4.36. The zero-order valence-electron chi connectivity index (χ0n) is 10.1. The van der Waals surface area contributed by atoms with Crippen LogP contribution in [-0.4, -0.2) is 11.4 Å². The molecule has 0 unspecified atom stereocenters. The molecule has 0 aromatic heterocycles. The quantitative estimate of drug-likeness (QED) is 0.760. The van der Waals surface area contributed by atoms with E-state index in [0.29, 0.717) is 6.42 Å². The molecule has 1 aliphatic heterocycles. The van der Waals surface area contributed by atoms with Gasteiger partial charge in [0.25, 0.3) is 0 Å². The molecule has 1 aromatic rings. The van der Waals surface area contributed by atoms with Crippen molar-refractivity contribution >= 4 is 11.6 Å². The third-order valence-electron chi connectivity index (χ3n) is 3.86. The summed E-state index contributed by atoms with van der Waals surface area (Å²) in [6.07, 6.45) is 3.75. The van der Waals surface area contributed by atoms with E-state index in [-0.39, 0.29) is 11.4 Å². The van der Waals surface area contributed by atoms with E-state index in [2.05, 4.69) is 13.8 Å². The SMILES string of the molecule is CCC1(CC)CCC(=O)N1c1ccccc1. The lowest BCUT2D eigenvalue weighted by Crippen LogP contribution is -2.45.